The molecule has 1 saturated heterocycles. The highest BCUT2D eigenvalue weighted by atomic mass is 16.4. The summed E-state index contributed by atoms with van der Waals surface area (Å²) >= 11 is 0. The number of carbonyl (C=O) groups is 2. The van der Waals surface area contributed by atoms with Crippen molar-refractivity contribution < 1.29 is 14.7 Å². The number of nitrogens with two attached hydrogens (primary N) is 1. The lowest BCUT2D eigenvalue weighted by atomic mass is 9.95. The van der Waals surface area contributed by atoms with Gasteiger partial charge in [0, 0.05) is 12.1 Å². The minimum absolute atomic E-state index is 0.113. The topological polar surface area (TPSA) is 83.6 Å². The van der Waals surface area contributed by atoms with E-state index in [-0.39, 0.29) is 6.04 Å². The lowest BCUT2D eigenvalue weighted by Gasteiger charge is -2.33. The van der Waals surface area contributed by atoms with Gasteiger partial charge in [-0.05, 0) is 37.0 Å². The van der Waals surface area contributed by atoms with Crippen LogP contribution in [0.2, 0.25) is 0 Å². The second-order valence-electron chi connectivity index (χ2n) is 4.47. The molecule has 5 heteroatoms. The van der Waals surface area contributed by atoms with Crippen molar-refractivity contribution in [3.05, 3.63) is 35.4 Å². The third-order valence-electron chi connectivity index (χ3n) is 3.33. The third kappa shape index (κ3) is 2.45. The van der Waals surface area contributed by atoms with E-state index in [9.17, 15) is 9.59 Å². The van der Waals surface area contributed by atoms with Crippen LogP contribution in [0, 0.1) is 0 Å². The number of hydrogen-bond donors (Lipinski definition) is 2. The van der Waals surface area contributed by atoms with Gasteiger partial charge in [-0.1, -0.05) is 12.1 Å². The van der Waals surface area contributed by atoms with Crippen LogP contribution in [0.4, 0.5) is 4.79 Å². The first-order valence-electron chi connectivity index (χ1n) is 5.99. The average molecular weight is 248 g/mol. The number of rotatable bonds is 2. The lowest BCUT2D eigenvalue weighted by molar-refractivity contribution is 0.0997. The molecule has 1 heterocycles. The van der Waals surface area contributed by atoms with Crippen LogP contribution in [0.3, 0.4) is 0 Å². The van der Waals surface area contributed by atoms with Gasteiger partial charge in [0.05, 0.1) is 6.04 Å². The van der Waals surface area contributed by atoms with Gasteiger partial charge in [-0.15, -0.1) is 0 Å². The van der Waals surface area contributed by atoms with Crippen molar-refractivity contribution >= 4 is 12.0 Å². The molecule has 1 fully saturated rings. The van der Waals surface area contributed by atoms with Crippen molar-refractivity contribution in [1.29, 1.82) is 0 Å². The molecule has 1 unspecified atom stereocenters. The van der Waals surface area contributed by atoms with Gasteiger partial charge in [0.25, 0.3) is 0 Å². The Morgan fingerprint density at radius 1 is 1.22 bits per heavy atom. The number of carboxylic acid groups (broad SMARTS) is 1. The first-order chi connectivity index (χ1) is 8.59. The smallest absolute Gasteiger partial charge is 0.407 e. The molecule has 3 N–H and O–H groups in total. The molecule has 0 saturated carbocycles. The van der Waals surface area contributed by atoms with Gasteiger partial charge >= 0.3 is 6.09 Å². The van der Waals surface area contributed by atoms with Crippen molar-refractivity contribution in [2.24, 2.45) is 5.73 Å². The largest absolute Gasteiger partial charge is 0.465 e. The number of primary amides is 1. The van der Waals surface area contributed by atoms with E-state index in [0.717, 1.165) is 24.8 Å². The molecule has 0 radical (unpaired) electrons. The zero-order valence-electron chi connectivity index (χ0n) is 10.0. The summed E-state index contributed by atoms with van der Waals surface area (Å²) in [5, 5.41) is 9.16. The zero-order valence-corrected chi connectivity index (χ0v) is 10.0. The van der Waals surface area contributed by atoms with Crippen molar-refractivity contribution in [3.8, 4) is 0 Å². The standard InChI is InChI=1S/C13H16N2O3/c14-12(16)10-6-4-9(5-7-10)11-3-1-2-8-15(11)13(17)18/h4-7,11H,1-3,8H2,(H2,14,16)(H,17,18). The van der Waals surface area contributed by atoms with E-state index < -0.39 is 12.0 Å². The number of hydrogen-bond acceptors (Lipinski definition) is 2. The SMILES string of the molecule is NC(=O)c1ccc(C2CCCCN2C(=O)O)cc1. The number of piperidine rings is 1. The molecule has 0 aliphatic carbocycles. The van der Waals surface area contributed by atoms with Crippen molar-refractivity contribution in [2.75, 3.05) is 6.54 Å². The van der Waals surface area contributed by atoms with E-state index in [1.54, 1.807) is 24.3 Å². The quantitative estimate of drug-likeness (QED) is 0.839. The molecular weight excluding hydrogens is 232 g/mol. The minimum Gasteiger partial charge on any atom is -0.465 e. The predicted molar refractivity (Wildman–Crippen MR) is 66.3 cm³/mol. The molecule has 2 amide bonds. The van der Waals surface area contributed by atoms with Crippen LogP contribution in [0.1, 0.15) is 41.2 Å². The summed E-state index contributed by atoms with van der Waals surface area (Å²) in [7, 11) is 0. The number of amides is 2. The highest BCUT2D eigenvalue weighted by Gasteiger charge is 2.27. The highest BCUT2D eigenvalue weighted by Crippen LogP contribution is 2.30. The number of likely N-dealkylation sites (tertiary alicyclic amines) is 1. The van der Waals surface area contributed by atoms with Crippen molar-refractivity contribution in [1.82, 2.24) is 4.90 Å². The van der Waals surface area contributed by atoms with Gasteiger partial charge in [-0.3, -0.25) is 4.79 Å². The van der Waals surface area contributed by atoms with Crippen LogP contribution < -0.4 is 5.73 Å². The molecule has 96 valence electrons. The Hall–Kier alpha value is -2.04. The van der Waals surface area contributed by atoms with Crippen LogP contribution in [0.25, 0.3) is 0 Å². The molecule has 5 nitrogen and oxygen atoms in total. The molecule has 1 aromatic rings. The van der Waals surface area contributed by atoms with Gasteiger partial charge < -0.3 is 15.7 Å². The van der Waals surface area contributed by atoms with E-state index in [0.29, 0.717) is 12.1 Å². The summed E-state index contributed by atoms with van der Waals surface area (Å²) in [6, 6.07) is 6.74. The Labute approximate surface area is 105 Å². The van der Waals surface area contributed by atoms with E-state index in [4.69, 9.17) is 10.8 Å². The van der Waals surface area contributed by atoms with E-state index in [1.807, 2.05) is 0 Å². The van der Waals surface area contributed by atoms with Crippen LogP contribution in [0.15, 0.2) is 24.3 Å². The van der Waals surface area contributed by atoms with E-state index in [2.05, 4.69) is 0 Å². The minimum atomic E-state index is -0.890. The van der Waals surface area contributed by atoms with Crippen LogP contribution in [-0.4, -0.2) is 28.6 Å². The van der Waals surface area contributed by atoms with Crippen molar-refractivity contribution in [2.45, 2.75) is 25.3 Å². The Kier molecular flexibility index (Phi) is 3.50. The van der Waals surface area contributed by atoms with Gasteiger partial charge in [-0.25, -0.2) is 4.79 Å². The first-order valence-corrected chi connectivity index (χ1v) is 5.99. The van der Waals surface area contributed by atoms with Crippen LogP contribution in [0.5, 0.6) is 0 Å². The molecule has 1 aliphatic rings. The first kappa shape index (κ1) is 12.4. The molecular formula is C13H16N2O3. The highest BCUT2D eigenvalue weighted by molar-refractivity contribution is 5.92. The fraction of sp³-hybridized carbons (Fsp3) is 0.385. The van der Waals surface area contributed by atoms with Crippen LogP contribution in [-0.2, 0) is 0 Å². The Bertz CT molecular complexity index is 456. The molecule has 2 rings (SSSR count). The molecule has 0 bridgehead atoms. The molecule has 18 heavy (non-hydrogen) atoms. The Morgan fingerprint density at radius 3 is 2.44 bits per heavy atom. The summed E-state index contributed by atoms with van der Waals surface area (Å²) < 4.78 is 0. The van der Waals surface area contributed by atoms with Crippen molar-refractivity contribution in [3.63, 3.8) is 0 Å². The van der Waals surface area contributed by atoms with Gasteiger partial charge in [0.1, 0.15) is 0 Å². The summed E-state index contributed by atoms with van der Waals surface area (Å²) in [4.78, 5) is 23.6. The third-order valence-corrected chi connectivity index (χ3v) is 3.33. The number of benzene rings is 1. The zero-order chi connectivity index (χ0) is 13.1. The molecule has 0 spiro atoms. The normalized spacial score (nSPS) is 19.6. The molecule has 1 aromatic carbocycles. The Balaban J connectivity index is 2.23. The van der Waals surface area contributed by atoms with Gasteiger partial charge in [0.15, 0.2) is 0 Å². The summed E-state index contributed by atoms with van der Waals surface area (Å²) in [6.07, 6.45) is 1.86. The number of carbonyl (C=O) groups excluding carboxylic acids is 1. The van der Waals surface area contributed by atoms with Gasteiger partial charge in [0.2, 0.25) is 5.91 Å². The molecule has 1 aliphatic heterocycles. The number of nitrogens with zero attached hydrogens (tertiary/aromatic N) is 1. The van der Waals surface area contributed by atoms with E-state index >= 15 is 0 Å². The predicted octanol–water partition coefficient (Wildman–Crippen LogP) is 1.99. The van der Waals surface area contributed by atoms with Crippen LogP contribution >= 0.6 is 0 Å². The average Bonchev–Trinajstić information content (AvgIpc) is 2.39. The molecule has 1 atom stereocenters. The maximum atomic E-state index is 11.2. The second kappa shape index (κ2) is 5.08. The second-order valence-corrected chi connectivity index (χ2v) is 4.47. The molecule has 0 aromatic heterocycles. The maximum Gasteiger partial charge on any atom is 0.407 e. The summed E-state index contributed by atoms with van der Waals surface area (Å²) in [5.74, 6) is -0.472. The summed E-state index contributed by atoms with van der Waals surface area (Å²) in [6.45, 7) is 0.567. The lowest BCUT2D eigenvalue weighted by Crippen LogP contribution is -2.37. The fourth-order valence-electron chi connectivity index (χ4n) is 2.38. The fourth-order valence-corrected chi connectivity index (χ4v) is 2.38. The maximum absolute atomic E-state index is 11.2. The van der Waals surface area contributed by atoms with Gasteiger partial charge in [-0.2, -0.15) is 0 Å². The Morgan fingerprint density at radius 2 is 1.89 bits per heavy atom. The monoisotopic (exact) mass is 248 g/mol. The summed E-state index contributed by atoms with van der Waals surface area (Å²) in [5.41, 5.74) is 6.53. The van der Waals surface area contributed by atoms with E-state index in [1.165, 1.54) is 4.90 Å².